The minimum atomic E-state index is -3.15. The number of rotatable bonds is 2. The highest BCUT2D eigenvalue weighted by molar-refractivity contribution is 7.88. The van der Waals surface area contributed by atoms with Crippen LogP contribution in [-0.4, -0.2) is 55.5 Å². The third kappa shape index (κ3) is 2.85. The molecule has 2 rings (SSSR count). The van der Waals surface area contributed by atoms with Crippen LogP contribution in [0.3, 0.4) is 0 Å². The van der Waals surface area contributed by atoms with Crippen molar-refractivity contribution < 1.29 is 13.2 Å². The molecule has 5 nitrogen and oxygen atoms in total. The van der Waals surface area contributed by atoms with Gasteiger partial charge in [0.05, 0.1) is 6.26 Å². The molecule has 1 amide bonds. The summed E-state index contributed by atoms with van der Waals surface area (Å²) in [7, 11) is -3.15. The molecule has 0 aromatic carbocycles. The molecule has 0 aromatic heterocycles. The Bertz CT molecular complexity index is 415. The zero-order valence-electron chi connectivity index (χ0n) is 11.1. The Morgan fingerprint density at radius 3 is 2.28 bits per heavy atom. The number of hydrogen-bond acceptors (Lipinski definition) is 3. The Kier molecular flexibility index (Phi) is 3.96. The Labute approximate surface area is 109 Å². The molecular formula is C12H22N2O3S. The molecule has 1 saturated heterocycles. The van der Waals surface area contributed by atoms with Crippen LogP contribution < -0.4 is 0 Å². The molecule has 0 unspecified atom stereocenters. The highest BCUT2D eigenvalue weighted by Gasteiger charge is 2.34. The van der Waals surface area contributed by atoms with Crippen molar-refractivity contribution in [2.75, 3.05) is 25.9 Å². The fourth-order valence-electron chi connectivity index (χ4n) is 3.06. The van der Waals surface area contributed by atoms with Crippen molar-refractivity contribution >= 4 is 15.9 Å². The molecule has 1 aliphatic carbocycles. The fraction of sp³-hybridized carbons (Fsp3) is 0.917. The van der Waals surface area contributed by atoms with Crippen LogP contribution in [0.5, 0.6) is 0 Å². The third-order valence-electron chi connectivity index (χ3n) is 4.01. The van der Waals surface area contributed by atoms with Gasteiger partial charge in [-0.1, -0.05) is 12.8 Å². The lowest BCUT2D eigenvalue weighted by Gasteiger charge is -2.39. The molecule has 0 bridgehead atoms. The summed E-state index contributed by atoms with van der Waals surface area (Å²) in [4.78, 5) is 14.1. The summed E-state index contributed by atoms with van der Waals surface area (Å²) in [6.07, 6.45) is 5.53. The lowest BCUT2D eigenvalue weighted by molar-refractivity contribution is -0.137. The van der Waals surface area contributed by atoms with Crippen LogP contribution in [0.15, 0.2) is 0 Å². The maximum absolute atomic E-state index is 12.3. The summed E-state index contributed by atoms with van der Waals surface area (Å²) < 4.78 is 24.6. The molecule has 6 heteroatoms. The molecule has 0 aromatic rings. The maximum atomic E-state index is 12.3. The van der Waals surface area contributed by atoms with Crippen molar-refractivity contribution in [1.82, 2.24) is 9.21 Å². The summed E-state index contributed by atoms with van der Waals surface area (Å²) in [5.41, 5.74) is 0. The Hall–Kier alpha value is -0.620. The van der Waals surface area contributed by atoms with E-state index in [0.29, 0.717) is 19.6 Å². The lowest BCUT2D eigenvalue weighted by atomic mass is 10.1. The number of piperazine rings is 1. The first kappa shape index (κ1) is 13.8. The SMILES string of the molecule is C[C@H]1CN(C(=O)C2CCCC2)CCN1S(C)(=O)=O. The van der Waals surface area contributed by atoms with Crippen LogP contribution in [0, 0.1) is 5.92 Å². The van der Waals surface area contributed by atoms with Crippen LogP contribution in [0.4, 0.5) is 0 Å². The molecule has 0 spiro atoms. The van der Waals surface area contributed by atoms with Crippen LogP contribution in [0.2, 0.25) is 0 Å². The van der Waals surface area contributed by atoms with Crippen molar-refractivity contribution in [3.63, 3.8) is 0 Å². The van der Waals surface area contributed by atoms with Crippen LogP contribution in [0.1, 0.15) is 32.6 Å². The van der Waals surface area contributed by atoms with Crippen molar-refractivity contribution in [1.29, 1.82) is 0 Å². The van der Waals surface area contributed by atoms with E-state index < -0.39 is 10.0 Å². The largest absolute Gasteiger partial charge is 0.340 e. The normalized spacial score (nSPS) is 27.7. The van der Waals surface area contributed by atoms with E-state index in [2.05, 4.69) is 0 Å². The van der Waals surface area contributed by atoms with E-state index in [1.807, 2.05) is 11.8 Å². The van der Waals surface area contributed by atoms with Gasteiger partial charge in [0, 0.05) is 31.6 Å². The molecule has 1 aliphatic heterocycles. The van der Waals surface area contributed by atoms with E-state index in [0.717, 1.165) is 25.7 Å². The molecular weight excluding hydrogens is 252 g/mol. The van der Waals surface area contributed by atoms with Gasteiger partial charge in [-0.25, -0.2) is 8.42 Å². The molecule has 2 fully saturated rings. The van der Waals surface area contributed by atoms with Crippen LogP contribution in [-0.2, 0) is 14.8 Å². The van der Waals surface area contributed by atoms with Gasteiger partial charge in [-0.15, -0.1) is 0 Å². The number of hydrogen-bond donors (Lipinski definition) is 0. The van der Waals surface area contributed by atoms with E-state index in [9.17, 15) is 13.2 Å². The van der Waals surface area contributed by atoms with Gasteiger partial charge in [0.25, 0.3) is 0 Å². The van der Waals surface area contributed by atoms with Crippen molar-refractivity contribution in [3.05, 3.63) is 0 Å². The van der Waals surface area contributed by atoms with Gasteiger partial charge in [-0.2, -0.15) is 4.31 Å². The van der Waals surface area contributed by atoms with Crippen LogP contribution >= 0.6 is 0 Å². The summed E-state index contributed by atoms with van der Waals surface area (Å²) in [6, 6.07) is -0.112. The van der Waals surface area contributed by atoms with E-state index >= 15 is 0 Å². The first-order valence-electron chi connectivity index (χ1n) is 6.65. The Morgan fingerprint density at radius 1 is 1.17 bits per heavy atom. The number of amides is 1. The molecule has 2 aliphatic rings. The second-order valence-corrected chi connectivity index (χ2v) is 7.42. The van der Waals surface area contributed by atoms with Gasteiger partial charge >= 0.3 is 0 Å². The molecule has 1 saturated carbocycles. The maximum Gasteiger partial charge on any atom is 0.225 e. The summed E-state index contributed by atoms with van der Waals surface area (Å²) >= 11 is 0. The standard InChI is InChI=1S/C12H22N2O3S/c1-10-9-13(7-8-14(10)18(2,16)17)12(15)11-5-3-4-6-11/h10-11H,3-9H2,1-2H3/t10-/m0/s1. The highest BCUT2D eigenvalue weighted by Crippen LogP contribution is 2.27. The Balaban J connectivity index is 1.97. The average Bonchev–Trinajstić information content (AvgIpc) is 2.79. The van der Waals surface area contributed by atoms with Gasteiger partial charge in [0.15, 0.2) is 0 Å². The van der Waals surface area contributed by atoms with Gasteiger partial charge in [-0.3, -0.25) is 4.79 Å². The minimum Gasteiger partial charge on any atom is -0.340 e. The lowest BCUT2D eigenvalue weighted by Crippen LogP contribution is -2.55. The van der Waals surface area contributed by atoms with Crippen LogP contribution in [0.25, 0.3) is 0 Å². The summed E-state index contributed by atoms with van der Waals surface area (Å²) in [6.45, 7) is 3.36. The number of carbonyl (C=O) groups excluding carboxylic acids is 1. The number of nitrogens with zero attached hydrogens (tertiary/aromatic N) is 2. The average molecular weight is 274 g/mol. The molecule has 104 valence electrons. The molecule has 0 N–H and O–H groups in total. The van der Waals surface area contributed by atoms with Crippen molar-refractivity contribution in [2.24, 2.45) is 5.92 Å². The van der Waals surface area contributed by atoms with Crippen molar-refractivity contribution in [2.45, 2.75) is 38.6 Å². The topological polar surface area (TPSA) is 57.7 Å². The van der Waals surface area contributed by atoms with E-state index in [-0.39, 0.29) is 17.9 Å². The molecule has 1 heterocycles. The smallest absolute Gasteiger partial charge is 0.225 e. The monoisotopic (exact) mass is 274 g/mol. The Morgan fingerprint density at radius 2 is 1.78 bits per heavy atom. The number of carbonyl (C=O) groups is 1. The first-order valence-corrected chi connectivity index (χ1v) is 8.50. The predicted octanol–water partition coefficient (Wildman–Crippen LogP) is 0.669. The zero-order chi connectivity index (χ0) is 13.3. The first-order chi connectivity index (χ1) is 8.39. The van der Waals surface area contributed by atoms with E-state index in [1.165, 1.54) is 10.6 Å². The molecule has 18 heavy (non-hydrogen) atoms. The van der Waals surface area contributed by atoms with E-state index in [4.69, 9.17) is 0 Å². The van der Waals surface area contributed by atoms with Crippen molar-refractivity contribution in [3.8, 4) is 0 Å². The number of sulfonamides is 1. The van der Waals surface area contributed by atoms with Gasteiger partial charge in [-0.05, 0) is 19.8 Å². The van der Waals surface area contributed by atoms with Gasteiger partial charge in [0.1, 0.15) is 0 Å². The second-order valence-electron chi connectivity index (χ2n) is 5.49. The molecule has 0 radical (unpaired) electrons. The summed E-state index contributed by atoms with van der Waals surface area (Å²) in [5, 5.41) is 0. The van der Waals surface area contributed by atoms with Gasteiger partial charge in [0.2, 0.25) is 15.9 Å². The predicted molar refractivity (Wildman–Crippen MR) is 69.5 cm³/mol. The minimum absolute atomic E-state index is 0.112. The van der Waals surface area contributed by atoms with E-state index in [1.54, 1.807) is 0 Å². The highest BCUT2D eigenvalue weighted by atomic mass is 32.2. The fourth-order valence-corrected chi connectivity index (χ4v) is 4.20. The van der Waals surface area contributed by atoms with Gasteiger partial charge < -0.3 is 4.90 Å². The summed E-state index contributed by atoms with van der Waals surface area (Å²) in [5.74, 6) is 0.412. The molecule has 1 atom stereocenters. The third-order valence-corrected chi connectivity index (χ3v) is 5.40. The quantitative estimate of drug-likeness (QED) is 0.743. The zero-order valence-corrected chi connectivity index (χ0v) is 11.9. The second kappa shape index (κ2) is 5.17.